The topological polar surface area (TPSA) is 84.9 Å². The Kier molecular flexibility index (Phi) is 5.20. The molecule has 168 valence electrons. The fourth-order valence-corrected chi connectivity index (χ4v) is 6.27. The fourth-order valence-electron chi connectivity index (χ4n) is 6.27. The quantitative estimate of drug-likeness (QED) is 0.644. The largest absolute Gasteiger partial charge is 0.457 e. The molecule has 32 heavy (non-hydrogen) atoms. The summed E-state index contributed by atoms with van der Waals surface area (Å²) >= 11 is 0. The van der Waals surface area contributed by atoms with E-state index in [1.807, 2.05) is 30.3 Å². The van der Waals surface area contributed by atoms with Gasteiger partial charge in [-0.3, -0.25) is 9.59 Å². The molecule has 3 unspecified atom stereocenters. The average molecular weight is 436 g/mol. The Morgan fingerprint density at radius 3 is 2.22 bits per heavy atom. The Morgan fingerprint density at radius 1 is 0.969 bits per heavy atom. The first-order valence-electron chi connectivity index (χ1n) is 11.4. The molecule has 4 aliphatic carbocycles. The van der Waals surface area contributed by atoms with Gasteiger partial charge in [-0.2, -0.15) is 0 Å². The lowest BCUT2D eigenvalue weighted by Gasteiger charge is -2.58. The number of rotatable bonds is 6. The van der Waals surface area contributed by atoms with Crippen LogP contribution in [0, 0.1) is 17.3 Å². The number of carbonyl (C=O) groups is 2. The Bertz CT molecular complexity index is 989. The molecule has 4 fully saturated rings. The molecule has 0 radical (unpaired) electrons. The van der Waals surface area contributed by atoms with Gasteiger partial charge in [0.05, 0.1) is 11.0 Å². The third-order valence-electron chi connectivity index (χ3n) is 7.22. The molecular weight excluding hydrogens is 406 g/mol. The lowest BCUT2D eigenvalue weighted by atomic mass is 9.48. The second kappa shape index (κ2) is 7.93. The summed E-state index contributed by atoms with van der Waals surface area (Å²) in [6.07, 6.45) is 3.76. The number of nitrogens with one attached hydrogen (secondary N) is 1. The summed E-state index contributed by atoms with van der Waals surface area (Å²) in [5.74, 6) is 1.45. The lowest BCUT2D eigenvalue weighted by molar-refractivity contribution is -0.199. The second-order valence-electron chi connectivity index (χ2n) is 9.94. The van der Waals surface area contributed by atoms with Crippen LogP contribution in [0.3, 0.4) is 0 Å². The molecule has 4 aliphatic rings. The van der Waals surface area contributed by atoms with Crippen LogP contribution in [0.15, 0.2) is 54.6 Å². The second-order valence-corrected chi connectivity index (χ2v) is 9.94. The van der Waals surface area contributed by atoms with Crippen molar-refractivity contribution in [3.05, 3.63) is 54.6 Å². The molecule has 2 aromatic carbocycles. The standard InChI is InChI=1S/C26H29NO5/c1-17(31-24(29)25-12-18-11-19(13-25)15-26(30,14-18)16-25)23(28)27-20-7-9-22(10-8-20)32-21-5-3-2-4-6-21/h2-10,17-19,30H,11-16H2,1H3,(H,27,28). The van der Waals surface area contributed by atoms with Crippen molar-refractivity contribution in [2.75, 3.05) is 5.32 Å². The number of esters is 1. The highest BCUT2D eigenvalue weighted by Crippen LogP contribution is 2.62. The zero-order valence-electron chi connectivity index (χ0n) is 18.3. The number of amides is 1. The summed E-state index contributed by atoms with van der Waals surface area (Å²) in [7, 11) is 0. The van der Waals surface area contributed by atoms with Gasteiger partial charge in [-0.15, -0.1) is 0 Å². The molecule has 0 aliphatic heterocycles. The van der Waals surface area contributed by atoms with Crippen LogP contribution in [0.2, 0.25) is 0 Å². The fraction of sp³-hybridized carbons (Fsp3) is 0.462. The van der Waals surface area contributed by atoms with Crippen molar-refractivity contribution in [2.24, 2.45) is 17.3 Å². The summed E-state index contributed by atoms with van der Waals surface area (Å²) in [5.41, 5.74) is -0.774. The van der Waals surface area contributed by atoms with Crippen LogP contribution in [0.1, 0.15) is 45.4 Å². The Morgan fingerprint density at radius 2 is 1.59 bits per heavy atom. The molecule has 4 bridgehead atoms. The van der Waals surface area contributed by atoms with E-state index in [1.165, 1.54) is 0 Å². The number of aliphatic hydroxyl groups is 1. The third kappa shape index (κ3) is 4.11. The van der Waals surface area contributed by atoms with Crippen LogP contribution in [0.25, 0.3) is 0 Å². The van der Waals surface area contributed by atoms with E-state index in [4.69, 9.17) is 9.47 Å². The van der Waals surface area contributed by atoms with Crippen molar-refractivity contribution in [3.63, 3.8) is 0 Å². The van der Waals surface area contributed by atoms with Crippen LogP contribution >= 0.6 is 0 Å². The first-order valence-corrected chi connectivity index (χ1v) is 11.4. The smallest absolute Gasteiger partial charge is 0.312 e. The summed E-state index contributed by atoms with van der Waals surface area (Å²) in [6, 6.07) is 16.5. The minimum absolute atomic E-state index is 0.334. The molecule has 1 amide bonds. The molecule has 6 nitrogen and oxygen atoms in total. The summed E-state index contributed by atoms with van der Waals surface area (Å²) in [6.45, 7) is 1.59. The van der Waals surface area contributed by atoms with E-state index in [0.717, 1.165) is 37.9 Å². The molecule has 2 aromatic rings. The predicted molar refractivity (Wildman–Crippen MR) is 119 cm³/mol. The van der Waals surface area contributed by atoms with Crippen LogP contribution in [-0.2, 0) is 14.3 Å². The maximum absolute atomic E-state index is 13.1. The number of hydrogen-bond acceptors (Lipinski definition) is 5. The summed E-state index contributed by atoms with van der Waals surface area (Å²) in [5, 5.41) is 13.7. The van der Waals surface area contributed by atoms with E-state index in [1.54, 1.807) is 31.2 Å². The van der Waals surface area contributed by atoms with Gasteiger partial charge in [0.25, 0.3) is 5.91 Å². The number of ether oxygens (including phenoxy) is 2. The Hall–Kier alpha value is -2.86. The van der Waals surface area contributed by atoms with Crippen LogP contribution < -0.4 is 10.1 Å². The molecule has 0 aromatic heterocycles. The average Bonchev–Trinajstić information content (AvgIpc) is 2.74. The minimum Gasteiger partial charge on any atom is -0.457 e. The molecule has 0 saturated heterocycles. The molecule has 3 atom stereocenters. The van der Waals surface area contributed by atoms with Gasteiger partial charge in [0.15, 0.2) is 6.10 Å². The van der Waals surface area contributed by atoms with Crippen molar-refractivity contribution >= 4 is 17.6 Å². The van der Waals surface area contributed by atoms with E-state index in [2.05, 4.69) is 5.32 Å². The van der Waals surface area contributed by atoms with E-state index >= 15 is 0 Å². The van der Waals surface area contributed by atoms with E-state index in [0.29, 0.717) is 29.7 Å². The molecule has 6 heteroatoms. The Balaban J connectivity index is 1.18. The van der Waals surface area contributed by atoms with Crippen molar-refractivity contribution in [1.29, 1.82) is 0 Å². The van der Waals surface area contributed by atoms with Crippen molar-refractivity contribution < 1.29 is 24.2 Å². The third-order valence-corrected chi connectivity index (χ3v) is 7.22. The van der Waals surface area contributed by atoms with Crippen LogP contribution in [-0.4, -0.2) is 28.7 Å². The van der Waals surface area contributed by atoms with E-state index in [9.17, 15) is 14.7 Å². The zero-order valence-corrected chi connectivity index (χ0v) is 18.3. The molecule has 2 N–H and O–H groups in total. The first-order chi connectivity index (χ1) is 15.3. The summed E-state index contributed by atoms with van der Waals surface area (Å²) in [4.78, 5) is 25.7. The van der Waals surface area contributed by atoms with Crippen LogP contribution in [0.4, 0.5) is 5.69 Å². The monoisotopic (exact) mass is 435 g/mol. The molecule has 6 rings (SSSR count). The molecule has 0 heterocycles. The van der Waals surface area contributed by atoms with Crippen molar-refractivity contribution in [2.45, 2.75) is 57.2 Å². The summed E-state index contributed by atoms with van der Waals surface area (Å²) < 4.78 is 11.4. The highest BCUT2D eigenvalue weighted by molar-refractivity contribution is 5.95. The van der Waals surface area contributed by atoms with Gasteiger partial charge < -0.3 is 19.9 Å². The van der Waals surface area contributed by atoms with E-state index < -0.39 is 17.1 Å². The van der Waals surface area contributed by atoms with Gasteiger partial charge in [0, 0.05) is 5.69 Å². The number of anilines is 1. The van der Waals surface area contributed by atoms with Crippen molar-refractivity contribution in [3.8, 4) is 11.5 Å². The highest BCUT2D eigenvalue weighted by atomic mass is 16.5. The maximum Gasteiger partial charge on any atom is 0.312 e. The first kappa shape index (κ1) is 21.0. The van der Waals surface area contributed by atoms with Gasteiger partial charge in [0.2, 0.25) is 0 Å². The molecular formula is C26H29NO5. The van der Waals surface area contributed by atoms with Gasteiger partial charge in [0.1, 0.15) is 11.5 Å². The number of para-hydroxylation sites is 1. The van der Waals surface area contributed by atoms with Crippen LogP contribution in [0.5, 0.6) is 11.5 Å². The van der Waals surface area contributed by atoms with Gasteiger partial charge >= 0.3 is 5.97 Å². The molecule has 4 saturated carbocycles. The number of carbonyl (C=O) groups excluding carboxylic acids is 2. The number of benzene rings is 2. The van der Waals surface area contributed by atoms with Crippen molar-refractivity contribution in [1.82, 2.24) is 0 Å². The van der Waals surface area contributed by atoms with Gasteiger partial charge in [-0.05, 0) is 93.7 Å². The zero-order chi connectivity index (χ0) is 22.3. The minimum atomic E-state index is -0.912. The van der Waals surface area contributed by atoms with Gasteiger partial charge in [-0.25, -0.2) is 0 Å². The van der Waals surface area contributed by atoms with E-state index in [-0.39, 0.29) is 11.9 Å². The maximum atomic E-state index is 13.1. The SMILES string of the molecule is CC(OC(=O)C12CC3CC(CC(O)(C3)C1)C2)C(=O)Nc1ccc(Oc2ccccc2)cc1. The lowest BCUT2D eigenvalue weighted by Crippen LogP contribution is -2.59. The molecule has 0 spiro atoms. The number of hydrogen-bond donors (Lipinski definition) is 2. The highest BCUT2D eigenvalue weighted by Gasteiger charge is 2.61. The predicted octanol–water partition coefficient (Wildman–Crippen LogP) is 4.68. The Labute approximate surface area is 187 Å². The normalized spacial score (nSPS) is 31.1. The van der Waals surface area contributed by atoms with Gasteiger partial charge in [-0.1, -0.05) is 18.2 Å².